The van der Waals surface area contributed by atoms with Crippen LogP contribution in [0.5, 0.6) is 0 Å². The van der Waals surface area contributed by atoms with Gasteiger partial charge in [0.15, 0.2) is 5.78 Å². The fourth-order valence-electron chi connectivity index (χ4n) is 2.94. The Morgan fingerprint density at radius 2 is 1.85 bits per heavy atom. The topological polar surface area (TPSA) is 68.2 Å². The third-order valence-corrected chi connectivity index (χ3v) is 5.00. The average Bonchev–Trinajstić information content (AvgIpc) is 3.19. The highest BCUT2D eigenvalue weighted by Gasteiger charge is 2.25. The predicted octanol–water partition coefficient (Wildman–Crippen LogP) is 3.85. The van der Waals surface area contributed by atoms with E-state index in [2.05, 4.69) is 5.32 Å². The van der Waals surface area contributed by atoms with E-state index in [4.69, 9.17) is 0 Å². The van der Waals surface area contributed by atoms with E-state index in [1.54, 1.807) is 18.2 Å². The van der Waals surface area contributed by atoms with Gasteiger partial charge in [-0.2, -0.15) is 0 Å². The van der Waals surface area contributed by atoms with E-state index in [9.17, 15) is 14.4 Å². The SMILES string of the molecule is O=C1NC(=O)C(=Cc2cccc3c2ccn3CC(=O)c2ccccc2)S1. The van der Waals surface area contributed by atoms with Gasteiger partial charge in [-0.1, -0.05) is 42.5 Å². The molecule has 0 saturated carbocycles. The molecule has 1 aliphatic heterocycles. The first-order chi connectivity index (χ1) is 12.6. The molecule has 1 saturated heterocycles. The number of imide groups is 1. The normalized spacial score (nSPS) is 15.6. The molecule has 0 bridgehead atoms. The summed E-state index contributed by atoms with van der Waals surface area (Å²) in [5, 5.41) is 2.81. The minimum absolute atomic E-state index is 0.0307. The summed E-state index contributed by atoms with van der Waals surface area (Å²) in [7, 11) is 0. The summed E-state index contributed by atoms with van der Waals surface area (Å²) in [6.07, 6.45) is 3.57. The Balaban J connectivity index is 1.67. The van der Waals surface area contributed by atoms with Crippen molar-refractivity contribution in [2.24, 2.45) is 0 Å². The van der Waals surface area contributed by atoms with Gasteiger partial charge in [-0.05, 0) is 35.5 Å². The smallest absolute Gasteiger partial charge is 0.290 e. The molecule has 0 radical (unpaired) electrons. The lowest BCUT2D eigenvalue weighted by Crippen LogP contribution is -2.17. The summed E-state index contributed by atoms with van der Waals surface area (Å²) in [5.74, 6) is -0.348. The van der Waals surface area contributed by atoms with Crippen molar-refractivity contribution in [1.29, 1.82) is 0 Å². The number of fused-ring (bicyclic) bond motifs is 1. The maximum absolute atomic E-state index is 12.5. The monoisotopic (exact) mass is 362 g/mol. The third kappa shape index (κ3) is 3.07. The number of carbonyl (C=O) groups is 3. The van der Waals surface area contributed by atoms with Gasteiger partial charge < -0.3 is 4.57 Å². The van der Waals surface area contributed by atoms with E-state index in [0.29, 0.717) is 10.5 Å². The zero-order valence-electron chi connectivity index (χ0n) is 13.6. The third-order valence-electron chi connectivity index (χ3n) is 4.19. The van der Waals surface area contributed by atoms with Crippen LogP contribution >= 0.6 is 11.8 Å². The van der Waals surface area contributed by atoms with Crippen LogP contribution in [0.25, 0.3) is 17.0 Å². The lowest BCUT2D eigenvalue weighted by Gasteiger charge is -2.06. The number of rotatable bonds is 4. The van der Waals surface area contributed by atoms with Gasteiger partial charge >= 0.3 is 0 Å². The molecule has 6 heteroatoms. The molecule has 1 aromatic heterocycles. The molecule has 0 spiro atoms. The van der Waals surface area contributed by atoms with E-state index in [1.807, 2.05) is 53.2 Å². The van der Waals surface area contributed by atoms with Crippen molar-refractivity contribution in [3.8, 4) is 0 Å². The lowest BCUT2D eigenvalue weighted by molar-refractivity contribution is -0.115. The van der Waals surface area contributed by atoms with Crippen LogP contribution in [-0.4, -0.2) is 21.5 Å². The highest BCUT2D eigenvalue weighted by molar-refractivity contribution is 8.18. The molecule has 2 amide bonds. The maximum Gasteiger partial charge on any atom is 0.290 e. The molecule has 2 heterocycles. The van der Waals surface area contributed by atoms with E-state index in [-0.39, 0.29) is 23.5 Å². The van der Waals surface area contributed by atoms with Gasteiger partial charge in [0, 0.05) is 22.7 Å². The van der Waals surface area contributed by atoms with Crippen LogP contribution in [0.15, 0.2) is 65.7 Å². The molecular formula is C20H14N2O3S. The molecule has 1 N–H and O–H groups in total. The predicted molar refractivity (Wildman–Crippen MR) is 102 cm³/mol. The number of ketones is 1. The molecule has 1 aliphatic rings. The summed E-state index contributed by atoms with van der Waals surface area (Å²) in [6.45, 7) is 0.237. The molecule has 2 aromatic carbocycles. The highest BCUT2D eigenvalue weighted by Crippen LogP contribution is 2.29. The number of Topliss-reactive ketones (excluding diaryl/α,β-unsaturated/α-hetero) is 1. The van der Waals surface area contributed by atoms with E-state index >= 15 is 0 Å². The van der Waals surface area contributed by atoms with Crippen molar-refractivity contribution < 1.29 is 14.4 Å². The number of nitrogens with one attached hydrogen (secondary N) is 1. The summed E-state index contributed by atoms with van der Waals surface area (Å²) in [4.78, 5) is 35.9. The Bertz CT molecular complexity index is 1070. The van der Waals surface area contributed by atoms with Crippen LogP contribution in [0, 0.1) is 0 Å². The number of hydrogen-bond donors (Lipinski definition) is 1. The summed E-state index contributed by atoms with van der Waals surface area (Å²) in [6, 6.07) is 16.8. The summed E-state index contributed by atoms with van der Waals surface area (Å²) in [5.41, 5.74) is 2.41. The minimum atomic E-state index is -0.379. The molecule has 26 heavy (non-hydrogen) atoms. The zero-order valence-corrected chi connectivity index (χ0v) is 14.5. The lowest BCUT2D eigenvalue weighted by atomic mass is 10.1. The van der Waals surface area contributed by atoms with Gasteiger partial charge in [-0.15, -0.1) is 0 Å². The largest absolute Gasteiger partial charge is 0.340 e. The maximum atomic E-state index is 12.5. The second-order valence-electron chi connectivity index (χ2n) is 5.87. The Morgan fingerprint density at radius 3 is 2.58 bits per heavy atom. The molecule has 4 rings (SSSR count). The average molecular weight is 362 g/mol. The van der Waals surface area contributed by atoms with Crippen LogP contribution in [0.4, 0.5) is 4.79 Å². The standard InChI is InChI=1S/C20H14N2O3S/c23-17(13-5-2-1-3-6-13)12-22-10-9-15-14(7-4-8-16(15)22)11-18-19(24)21-20(25)26-18/h1-11H,12H2,(H,21,24,25). The zero-order chi connectivity index (χ0) is 18.1. The number of thioether (sulfide) groups is 1. The fourth-order valence-corrected chi connectivity index (χ4v) is 3.62. The number of amides is 2. The fraction of sp³-hybridized carbons (Fsp3) is 0.0500. The molecule has 5 nitrogen and oxygen atoms in total. The molecule has 0 atom stereocenters. The number of benzene rings is 2. The second kappa shape index (κ2) is 6.65. The van der Waals surface area contributed by atoms with Crippen LogP contribution in [0.3, 0.4) is 0 Å². The highest BCUT2D eigenvalue weighted by atomic mass is 32.2. The van der Waals surface area contributed by atoms with Crippen molar-refractivity contribution in [1.82, 2.24) is 9.88 Å². The van der Waals surface area contributed by atoms with E-state index < -0.39 is 0 Å². The number of nitrogens with zero attached hydrogens (tertiary/aromatic N) is 1. The number of hydrogen-bond acceptors (Lipinski definition) is 4. The molecule has 0 aliphatic carbocycles. The van der Waals surface area contributed by atoms with Crippen LogP contribution in [0.2, 0.25) is 0 Å². The van der Waals surface area contributed by atoms with Gasteiger partial charge in [-0.25, -0.2) is 0 Å². The number of carbonyl (C=O) groups excluding carboxylic acids is 3. The first kappa shape index (κ1) is 16.4. The van der Waals surface area contributed by atoms with Crippen molar-refractivity contribution in [3.63, 3.8) is 0 Å². The molecule has 128 valence electrons. The van der Waals surface area contributed by atoms with Crippen molar-refractivity contribution in [2.45, 2.75) is 6.54 Å². The first-order valence-corrected chi connectivity index (χ1v) is 8.84. The van der Waals surface area contributed by atoms with Gasteiger partial charge in [0.05, 0.1) is 11.4 Å². The Morgan fingerprint density at radius 1 is 1.04 bits per heavy atom. The first-order valence-electron chi connectivity index (χ1n) is 8.03. The van der Waals surface area contributed by atoms with Crippen LogP contribution in [0.1, 0.15) is 15.9 Å². The van der Waals surface area contributed by atoms with Crippen molar-refractivity contribution in [3.05, 3.63) is 76.8 Å². The quantitative estimate of drug-likeness (QED) is 0.565. The van der Waals surface area contributed by atoms with Gasteiger partial charge in [0.2, 0.25) is 0 Å². The molecular weight excluding hydrogens is 348 g/mol. The van der Waals surface area contributed by atoms with Gasteiger partial charge in [0.1, 0.15) is 0 Å². The summed E-state index contributed by atoms with van der Waals surface area (Å²) < 4.78 is 1.89. The van der Waals surface area contributed by atoms with Gasteiger partial charge in [0.25, 0.3) is 11.1 Å². The van der Waals surface area contributed by atoms with E-state index in [1.165, 1.54) is 0 Å². The number of aromatic nitrogens is 1. The van der Waals surface area contributed by atoms with Crippen molar-refractivity contribution >= 4 is 45.7 Å². The van der Waals surface area contributed by atoms with Crippen LogP contribution < -0.4 is 5.32 Å². The van der Waals surface area contributed by atoms with Crippen LogP contribution in [-0.2, 0) is 11.3 Å². The minimum Gasteiger partial charge on any atom is -0.340 e. The molecule has 1 fully saturated rings. The van der Waals surface area contributed by atoms with E-state index in [0.717, 1.165) is 28.2 Å². The van der Waals surface area contributed by atoms with Gasteiger partial charge in [-0.3, -0.25) is 19.7 Å². The second-order valence-corrected chi connectivity index (χ2v) is 6.88. The Labute approximate surface area is 153 Å². The Kier molecular flexibility index (Phi) is 4.18. The summed E-state index contributed by atoms with van der Waals surface area (Å²) >= 11 is 0.892. The molecule has 0 unspecified atom stereocenters. The molecule has 3 aromatic rings. The Hall–Kier alpha value is -3.12. The van der Waals surface area contributed by atoms with Crippen molar-refractivity contribution in [2.75, 3.05) is 0 Å².